The highest BCUT2D eigenvalue weighted by atomic mass is 32.2. The van der Waals surface area contributed by atoms with Gasteiger partial charge in [0.25, 0.3) is 0 Å². The first kappa shape index (κ1) is 13.8. The summed E-state index contributed by atoms with van der Waals surface area (Å²) in [7, 11) is -3.13. The summed E-state index contributed by atoms with van der Waals surface area (Å²) in [5, 5.41) is 0. The fraction of sp³-hybridized carbons (Fsp3) is 0.200. The van der Waals surface area contributed by atoms with Crippen LogP contribution in [0.2, 0.25) is 0 Å². The van der Waals surface area contributed by atoms with Gasteiger partial charge < -0.3 is 0 Å². The Hall–Kier alpha value is -1.65. The number of hydrogen-bond acceptors (Lipinski definition) is 2. The summed E-state index contributed by atoms with van der Waals surface area (Å²) in [6, 6.07) is 18.0. The second-order valence-corrected chi connectivity index (χ2v) is 6.38. The third kappa shape index (κ3) is 3.91. The average Bonchev–Trinajstić information content (AvgIpc) is 2.47. The highest BCUT2D eigenvalue weighted by Crippen LogP contribution is 2.19. The molecule has 2 rings (SSSR count). The highest BCUT2D eigenvalue weighted by Gasteiger charge is 2.05. The van der Waals surface area contributed by atoms with Crippen LogP contribution in [0.25, 0.3) is 11.1 Å². The van der Waals surface area contributed by atoms with E-state index in [1.54, 1.807) is 6.92 Å². The van der Waals surface area contributed by atoms with Crippen molar-refractivity contribution in [3.8, 4) is 11.1 Å². The average molecular weight is 275 g/mol. The van der Waals surface area contributed by atoms with E-state index in [4.69, 9.17) is 0 Å². The molecule has 0 aliphatic rings. The molecular weight excluding hydrogens is 258 g/mol. The lowest BCUT2D eigenvalue weighted by molar-refractivity contribution is 0.582. The molecule has 100 valence electrons. The zero-order chi connectivity index (χ0) is 13.7. The first-order valence-electron chi connectivity index (χ1n) is 6.22. The Morgan fingerprint density at radius 1 is 0.895 bits per heavy atom. The van der Waals surface area contributed by atoms with Crippen molar-refractivity contribution in [2.45, 2.75) is 13.5 Å². The van der Waals surface area contributed by atoms with Gasteiger partial charge in [-0.05, 0) is 23.6 Å². The molecule has 0 aliphatic carbocycles. The Morgan fingerprint density at radius 3 is 2.05 bits per heavy atom. The minimum absolute atomic E-state index is 0.106. The smallest absolute Gasteiger partial charge is 0.211 e. The third-order valence-electron chi connectivity index (χ3n) is 2.94. The van der Waals surface area contributed by atoms with Gasteiger partial charge in [0.15, 0.2) is 0 Å². The van der Waals surface area contributed by atoms with Crippen molar-refractivity contribution in [3.05, 3.63) is 60.2 Å². The van der Waals surface area contributed by atoms with Crippen LogP contribution < -0.4 is 4.72 Å². The molecule has 0 heterocycles. The Labute approximate surface area is 114 Å². The predicted molar refractivity (Wildman–Crippen MR) is 78.2 cm³/mol. The topological polar surface area (TPSA) is 46.2 Å². The van der Waals surface area contributed by atoms with Gasteiger partial charge in [-0.3, -0.25) is 0 Å². The molecule has 0 saturated heterocycles. The van der Waals surface area contributed by atoms with Crippen LogP contribution in [0.3, 0.4) is 0 Å². The monoisotopic (exact) mass is 275 g/mol. The van der Waals surface area contributed by atoms with Crippen LogP contribution in [-0.4, -0.2) is 14.2 Å². The molecule has 2 aromatic carbocycles. The summed E-state index contributed by atoms with van der Waals surface area (Å²) in [4.78, 5) is 0. The van der Waals surface area contributed by atoms with Gasteiger partial charge in [0.1, 0.15) is 0 Å². The Morgan fingerprint density at radius 2 is 1.47 bits per heavy atom. The molecule has 4 heteroatoms. The summed E-state index contributed by atoms with van der Waals surface area (Å²) < 4.78 is 25.3. The van der Waals surface area contributed by atoms with Crippen molar-refractivity contribution in [2.24, 2.45) is 0 Å². The van der Waals surface area contributed by atoms with Crippen molar-refractivity contribution in [1.82, 2.24) is 4.72 Å². The molecule has 3 nitrogen and oxygen atoms in total. The number of benzene rings is 2. The predicted octanol–water partition coefficient (Wildman–Crippen LogP) is 2.79. The first-order valence-corrected chi connectivity index (χ1v) is 7.87. The largest absolute Gasteiger partial charge is 0.212 e. The second kappa shape index (κ2) is 5.99. The summed E-state index contributed by atoms with van der Waals surface area (Å²) in [5.41, 5.74) is 3.24. The maximum Gasteiger partial charge on any atom is 0.211 e. The molecule has 0 radical (unpaired) electrons. The fourth-order valence-electron chi connectivity index (χ4n) is 1.74. The Balaban J connectivity index is 2.07. The normalized spacial score (nSPS) is 11.4. The van der Waals surface area contributed by atoms with Crippen molar-refractivity contribution < 1.29 is 8.42 Å². The Kier molecular flexibility index (Phi) is 4.35. The lowest BCUT2D eigenvalue weighted by atomic mass is 10.0. The SMILES string of the molecule is CCS(=O)(=O)NCc1ccc(-c2ccccc2)cc1. The maximum absolute atomic E-state index is 11.3. The van der Waals surface area contributed by atoms with Crippen LogP contribution in [0.4, 0.5) is 0 Å². The van der Waals surface area contributed by atoms with Gasteiger partial charge in [-0.25, -0.2) is 13.1 Å². The summed E-state index contributed by atoms with van der Waals surface area (Å²) >= 11 is 0. The van der Waals surface area contributed by atoms with E-state index in [1.807, 2.05) is 42.5 Å². The van der Waals surface area contributed by atoms with E-state index in [0.29, 0.717) is 6.54 Å². The van der Waals surface area contributed by atoms with Crippen LogP contribution >= 0.6 is 0 Å². The van der Waals surface area contributed by atoms with Crippen LogP contribution in [0.5, 0.6) is 0 Å². The summed E-state index contributed by atoms with van der Waals surface area (Å²) in [6.07, 6.45) is 0. The van der Waals surface area contributed by atoms with E-state index in [2.05, 4.69) is 16.9 Å². The van der Waals surface area contributed by atoms with E-state index in [1.165, 1.54) is 0 Å². The molecule has 0 bridgehead atoms. The van der Waals surface area contributed by atoms with Crippen LogP contribution in [-0.2, 0) is 16.6 Å². The van der Waals surface area contributed by atoms with Crippen LogP contribution in [0, 0.1) is 0 Å². The molecule has 0 fully saturated rings. The standard InChI is InChI=1S/C15H17NO2S/c1-2-19(17,18)16-12-13-8-10-15(11-9-13)14-6-4-3-5-7-14/h3-11,16H,2,12H2,1H3. The molecule has 2 aromatic rings. The highest BCUT2D eigenvalue weighted by molar-refractivity contribution is 7.89. The van der Waals surface area contributed by atoms with Crippen molar-refractivity contribution in [1.29, 1.82) is 0 Å². The van der Waals surface area contributed by atoms with Crippen LogP contribution in [0.15, 0.2) is 54.6 Å². The Bertz CT molecular complexity index is 619. The second-order valence-electron chi connectivity index (χ2n) is 4.29. The van der Waals surface area contributed by atoms with Gasteiger partial charge in [-0.15, -0.1) is 0 Å². The molecule has 0 aromatic heterocycles. The molecule has 0 amide bonds. The molecule has 1 N–H and O–H groups in total. The van der Waals surface area contributed by atoms with Crippen molar-refractivity contribution in [3.63, 3.8) is 0 Å². The quantitative estimate of drug-likeness (QED) is 0.912. The number of sulfonamides is 1. The minimum Gasteiger partial charge on any atom is -0.212 e. The molecule has 0 unspecified atom stereocenters. The van der Waals surface area contributed by atoms with Gasteiger partial charge in [-0.2, -0.15) is 0 Å². The van der Waals surface area contributed by atoms with Gasteiger partial charge in [0.2, 0.25) is 10.0 Å². The lowest BCUT2D eigenvalue weighted by Crippen LogP contribution is -2.24. The van der Waals surface area contributed by atoms with Gasteiger partial charge in [0.05, 0.1) is 5.75 Å². The third-order valence-corrected chi connectivity index (χ3v) is 4.28. The minimum atomic E-state index is -3.13. The molecule has 0 aliphatic heterocycles. The molecular formula is C15H17NO2S. The zero-order valence-corrected chi connectivity index (χ0v) is 11.7. The van der Waals surface area contributed by atoms with Gasteiger partial charge >= 0.3 is 0 Å². The number of rotatable bonds is 5. The van der Waals surface area contributed by atoms with Gasteiger partial charge in [-0.1, -0.05) is 54.6 Å². The maximum atomic E-state index is 11.3. The molecule has 0 atom stereocenters. The molecule has 19 heavy (non-hydrogen) atoms. The zero-order valence-electron chi connectivity index (χ0n) is 10.8. The number of hydrogen-bond donors (Lipinski definition) is 1. The summed E-state index contributed by atoms with van der Waals surface area (Å²) in [6.45, 7) is 1.96. The van der Waals surface area contributed by atoms with Crippen LogP contribution in [0.1, 0.15) is 12.5 Å². The van der Waals surface area contributed by atoms with E-state index >= 15 is 0 Å². The van der Waals surface area contributed by atoms with E-state index in [0.717, 1.165) is 16.7 Å². The van der Waals surface area contributed by atoms with E-state index in [-0.39, 0.29) is 5.75 Å². The lowest BCUT2D eigenvalue weighted by Gasteiger charge is -2.06. The molecule has 0 spiro atoms. The summed E-state index contributed by atoms with van der Waals surface area (Å²) in [5.74, 6) is 0.106. The van der Waals surface area contributed by atoms with E-state index < -0.39 is 10.0 Å². The van der Waals surface area contributed by atoms with Crippen molar-refractivity contribution in [2.75, 3.05) is 5.75 Å². The van der Waals surface area contributed by atoms with Gasteiger partial charge in [0, 0.05) is 6.54 Å². The number of nitrogens with one attached hydrogen (secondary N) is 1. The van der Waals surface area contributed by atoms with Crippen molar-refractivity contribution >= 4 is 10.0 Å². The van der Waals surface area contributed by atoms with E-state index in [9.17, 15) is 8.42 Å². The fourth-order valence-corrected chi connectivity index (χ4v) is 2.33. The first-order chi connectivity index (χ1) is 9.11. The molecule has 0 saturated carbocycles.